The zero-order valence-corrected chi connectivity index (χ0v) is 26.9. The molecule has 3 aromatic rings. The van der Waals surface area contributed by atoms with E-state index in [9.17, 15) is 19.5 Å². The van der Waals surface area contributed by atoms with Crippen LogP contribution in [0.25, 0.3) is 11.0 Å². The highest BCUT2D eigenvalue weighted by Crippen LogP contribution is 2.30. The summed E-state index contributed by atoms with van der Waals surface area (Å²) in [6, 6.07) is 5.69. The van der Waals surface area contributed by atoms with Crippen molar-refractivity contribution in [3.05, 3.63) is 64.3 Å². The average Bonchev–Trinajstić information content (AvgIpc) is 3.35. The normalized spacial score (nSPS) is 19.6. The summed E-state index contributed by atoms with van der Waals surface area (Å²) in [4.78, 5) is 49.6. The highest BCUT2D eigenvalue weighted by Gasteiger charge is 2.38. The third kappa shape index (κ3) is 8.51. The van der Waals surface area contributed by atoms with Crippen LogP contribution in [0.3, 0.4) is 0 Å². The van der Waals surface area contributed by atoms with Gasteiger partial charge in [-0.2, -0.15) is 0 Å². The number of aliphatic hydroxyl groups is 1. The zero-order valence-electron chi connectivity index (χ0n) is 22.6. The second kappa shape index (κ2) is 14.9. The predicted octanol–water partition coefficient (Wildman–Crippen LogP) is 1.47. The molecule has 1 unspecified atom stereocenters. The number of H-pyrrole nitrogens is 1. The molecule has 13 nitrogen and oxygen atoms in total. The predicted molar refractivity (Wildman–Crippen MR) is 167 cm³/mol. The summed E-state index contributed by atoms with van der Waals surface area (Å²) in [7, 11) is 0. The standard InChI is InChI=1S/C26H32I2N6O7/c1-3-33(7-6-29-25(37)20-12-30-19-10-16(27)4-5-18(19)31-20)8-9-39-15(2)40-21-11-23(41-22(21)14-35)34-13-17(28)24(36)32-26(34)38/h4-5,10,12-13,15,21-23,35H,3,6-9,11,14H2,1-2H3,(H,29,37)(H,32,36,38)/t15?,21-,22+,23+/m0/s1. The molecule has 15 heteroatoms. The number of carbonyl (C=O) groups excluding carboxylic acids is 1. The summed E-state index contributed by atoms with van der Waals surface area (Å²) in [6.07, 6.45) is 0.808. The smallest absolute Gasteiger partial charge is 0.330 e. The van der Waals surface area contributed by atoms with Crippen LogP contribution < -0.4 is 16.6 Å². The van der Waals surface area contributed by atoms with Crippen molar-refractivity contribution < 1.29 is 24.1 Å². The molecule has 0 aliphatic carbocycles. The van der Waals surface area contributed by atoms with Crippen LogP contribution in [-0.2, 0) is 14.2 Å². The molecular weight excluding hydrogens is 762 g/mol. The third-order valence-corrected chi connectivity index (χ3v) is 8.06. The topological polar surface area (TPSA) is 161 Å². The average molecular weight is 794 g/mol. The van der Waals surface area contributed by atoms with Gasteiger partial charge < -0.3 is 24.6 Å². The Bertz CT molecular complexity index is 1470. The Morgan fingerprint density at radius 1 is 1.32 bits per heavy atom. The van der Waals surface area contributed by atoms with Crippen LogP contribution in [-0.4, -0.2) is 93.3 Å². The molecule has 2 aromatic heterocycles. The van der Waals surface area contributed by atoms with E-state index in [1.165, 1.54) is 17.0 Å². The number of halogens is 2. The Hall–Kier alpha value is -2.03. The molecule has 0 spiro atoms. The van der Waals surface area contributed by atoms with E-state index in [0.29, 0.717) is 41.7 Å². The van der Waals surface area contributed by atoms with Crippen LogP contribution in [0.15, 0.2) is 40.2 Å². The lowest BCUT2D eigenvalue weighted by Gasteiger charge is -2.24. The first-order valence-corrected chi connectivity index (χ1v) is 15.3. The fourth-order valence-electron chi connectivity index (χ4n) is 4.43. The van der Waals surface area contributed by atoms with Crippen LogP contribution in [0.1, 0.15) is 37.0 Å². The Morgan fingerprint density at radius 2 is 2.12 bits per heavy atom. The Labute approximate surface area is 263 Å². The summed E-state index contributed by atoms with van der Waals surface area (Å²) in [6.45, 7) is 6.33. The maximum atomic E-state index is 12.6. The van der Waals surface area contributed by atoms with Gasteiger partial charge in [0.2, 0.25) is 0 Å². The van der Waals surface area contributed by atoms with Gasteiger partial charge in [0.25, 0.3) is 11.5 Å². The minimum Gasteiger partial charge on any atom is -0.394 e. The lowest BCUT2D eigenvalue weighted by molar-refractivity contribution is -0.176. The van der Waals surface area contributed by atoms with Crippen LogP contribution in [0.4, 0.5) is 0 Å². The molecule has 41 heavy (non-hydrogen) atoms. The molecule has 1 fully saturated rings. The summed E-state index contributed by atoms with van der Waals surface area (Å²) >= 11 is 4.05. The Morgan fingerprint density at radius 3 is 2.88 bits per heavy atom. The van der Waals surface area contributed by atoms with Crippen molar-refractivity contribution in [2.45, 2.75) is 45.0 Å². The number of nitrogens with one attached hydrogen (secondary N) is 2. The quantitative estimate of drug-likeness (QED) is 0.171. The fraction of sp³-hybridized carbons (Fsp3) is 0.500. The molecule has 1 aromatic carbocycles. The molecule has 1 aliphatic rings. The minimum atomic E-state index is -0.683. The van der Waals surface area contributed by atoms with Crippen molar-refractivity contribution in [3.63, 3.8) is 0 Å². The monoisotopic (exact) mass is 794 g/mol. The molecule has 1 aliphatic heterocycles. The van der Waals surface area contributed by atoms with Crippen molar-refractivity contribution in [2.75, 3.05) is 39.4 Å². The number of rotatable bonds is 13. The van der Waals surface area contributed by atoms with Gasteiger partial charge in [0.05, 0.1) is 40.1 Å². The number of fused-ring (bicyclic) bond motifs is 1. The Balaban J connectivity index is 1.20. The van der Waals surface area contributed by atoms with E-state index >= 15 is 0 Å². The number of likely N-dealkylation sites (N-methyl/N-ethyl adjacent to an activating group) is 1. The SMILES string of the molecule is CCN(CCNC(=O)c1cnc2cc(I)ccc2n1)CCOC(C)O[C@H]1C[C@H](n2cc(I)c(=O)[nH]c2=O)O[C@@H]1CO. The third-order valence-electron chi connectivity index (χ3n) is 6.62. The van der Waals surface area contributed by atoms with E-state index in [-0.39, 0.29) is 18.2 Å². The molecule has 222 valence electrons. The Kier molecular flexibility index (Phi) is 11.6. The van der Waals surface area contributed by atoms with Crippen molar-refractivity contribution in [2.24, 2.45) is 0 Å². The van der Waals surface area contributed by atoms with Gasteiger partial charge in [0.1, 0.15) is 18.0 Å². The summed E-state index contributed by atoms with van der Waals surface area (Å²) in [5, 5.41) is 12.7. The van der Waals surface area contributed by atoms with Crippen molar-refractivity contribution in [3.8, 4) is 0 Å². The molecule has 3 heterocycles. The lowest BCUT2D eigenvalue weighted by Crippen LogP contribution is -2.37. The molecule has 0 radical (unpaired) electrons. The van der Waals surface area contributed by atoms with Gasteiger partial charge in [-0.05, 0) is 76.8 Å². The second-order valence-electron chi connectivity index (χ2n) is 9.38. The molecular formula is C26H32I2N6O7. The van der Waals surface area contributed by atoms with Crippen molar-refractivity contribution in [1.82, 2.24) is 29.7 Å². The number of aromatic nitrogens is 4. The second-order valence-corrected chi connectivity index (χ2v) is 11.8. The number of nitrogens with zero attached hydrogens (tertiary/aromatic N) is 4. The molecule has 4 atom stereocenters. The number of benzene rings is 1. The van der Waals surface area contributed by atoms with Gasteiger partial charge in [-0.15, -0.1) is 0 Å². The number of aromatic amines is 1. The number of amides is 1. The largest absolute Gasteiger partial charge is 0.394 e. The van der Waals surface area contributed by atoms with E-state index in [0.717, 1.165) is 15.6 Å². The van der Waals surface area contributed by atoms with E-state index in [4.69, 9.17) is 14.2 Å². The van der Waals surface area contributed by atoms with Gasteiger partial charge in [-0.1, -0.05) is 6.92 Å². The van der Waals surface area contributed by atoms with Gasteiger partial charge in [-0.3, -0.25) is 29.0 Å². The number of hydrogen-bond donors (Lipinski definition) is 3. The minimum absolute atomic E-state index is 0.274. The molecule has 1 saturated heterocycles. The number of ether oxygens (including phenoxy) is 3. The summed E-state index contributed by atoms with van der Waals surface area (Å²) < 4.78 is 20.4. The first-order chi connectivity index (χ1) is 19.7. The van der Waals surface area contributed by atoms with E-state index in [1.54, 1.807) is 6.92 Å². The highest BCUT2D eigenvalue weighted by atomic mass is 127. The molecule has 4 rings (SSSR count). The van der Waals surface area contributed by atoms with Crippen molar-refractivity contribution in [1.29, 1.82) is 0 Å². The van der Waals surface area contributed by atoms with Crippen LogP contribution in [0.2, 0.25) is 0 Å². The van der Waals surface area contributed by atoms with Crippen LogP contribution in [0, 0.1) is 7.14 Å². The first-order valence-electron chi connectivity index (χ1n) is 13.2. The maximum Gasteiger partial charge on any atom is 0.330 e. The lowest BCUT2D eigenvalue weighted by atomic mass is 10.2. The zero-order chi connectivity index (χ0) is 29.5. The number of carbonyl (C=O) groups is 1. The number of aliphatic hydroxyl groups excluding tert-OH is 1. The molecule has 0 bridgehead atoms. The van der Waals surface area contributed by atoms with E-state index in [1.807, 2.05) is 47.7 Å². The summed E-state index contributed by atoms with van der Waals surface area (Å²) in [5.41, 5.74) is 0.645. The highest BCUT2D eigenvalue weighted by molar-refractivity contribution is 14.1. The fourth-order valence-corrected chi connectivity index (χ4v) is 5.34. The van der Waals surface area contributed by atoms with E-state index in [2.05, 4.69) is 47.8 Å². The van der Waals surface area contributed by atoms with Gasteiger partial charge in [0, 0.05) is 35.8 Å². The van der Waals surface area contributed by atoms with Crippen molar-refractivity contribution >= 4 is 62.1 Å². The molecule has 1 amide bonds. The van der Waals surface area contributed by atoms with Crippen LogP contribution >= 0.6 is 45.2 Å². The first kappa shape index (κ1) is 31.9. The van der Waals surface area contributed by atoms with Gasteiger partial charge >= 0.3 is 5.69 Å². The summed E-state index contributed by atoms with van der Waals surface area (Å²) in [5.74, 6) is -0.276. The molecule has 3 N–H and O–H groups in total. The van der Waals surface area contributed by atoms with Crippen LogP contribution in [0.5, 0.6) is 0 Å². The van der Waals surface area contributed by atoms with Gasteiger partial charge in [-0.25, -0.2) is 9.78 Å². The van der Waals surface area contributed by atoms with E-state index < -0.39 is 36.0 Å². The van der Waals surface area contributed by atoms with Gasteiger partial charge in [0.15, 0.2) is 6.29 Å². The molecule has 0 saturated carbocycles. The maximum absolute atomic E-state index is 12.6. The number of hydrogen-bond acceptors (Lipinski definition) is 10.